The number of carbonyl (C=O) groups excluding carboxylic acids is 2. The summed E-state index contributed by atoms with van der Waals surface area (Å²) < 4.78 is 5.36. The number of ketones is 2. The van der Waals surface area contributed by atoms with E-state index in [2.05, 4.69) is 0 Å². The summed E-state index contributed by atoms with van der Waals surface area (Å²) in [5, 5.41) is 54.1. The van der Waals surface area contributed by atoms with Crippen LogP contribution in [0.15, 0.2) is 0 Å². The lowest BCUT2D eigenvalue weighted by molar-refractivity contribution is 0.0973. The standard InChI is InChI=1S/C26H34O8/c1-7-8-18(28)20-23(31)15(10-9-12(2)3)22(30)16(24(20)32)11-17-25(33)19(14(5)27)21(29)13(4)26(17)34-6/h12,29-33H,7-11H2,1-6H3. The van der Waals surface area contributed by atoms with Gasteiger partial charge in [-0.15, -0.1) is 0 Å². The van der Waals surface area contributed by atoms with Crippen LogP contribution in [-0.4, -0.2) is 44.2 Å². The molecule has 186 valence electrons. The molecule has 0 aromatic heterocycles. The molecule has 34 heavy (non-hydrogen) atoms. The molecule has 0 bridgehead atoms. The molecular formula is C26H34O8. The monoisotopic (exact) mass is 474 g/mol. The van der Waals surface area contributed by atoms with Crippen LogP contribution in [0.1, 0.15) is 89.9 Å². The summed E-state index contributed by atoms with van der Waals surface area (Å²) in [6, 6.07) is 0. The molecule has 8 heteroatoms. The van der Waals surface area contributed by atoms with Gasteiger partial charge in [0.15, 0.2) is 11.6 Å². The van der Waals surface area contributed by atoms with Crippen LogP contribution in [0.3, 0.4) is 0 Å². The van der Waals surface area contributed by atoms with Crippen molar-refractivity contribution < 1.29 is 39.9 Å². The molecule has 0 atom stereocenters. The fraction of sp³-hybridized carbons (Fsp3) is 0.462. The molecule has 0 heterocycles. The first-order chi connectivity index (χ1) is 15.9. The number of phenolic OH excluding ortho intramolecular Hbond substituents is 5. The molecule has 5 N–H and O–H groups in total. The van der Waals surface area contributed by atoms with Crippen molar-refractivity contribution in [2.45, 2.75) is 66.7 Å². The van der Waals surface area contributed by atoms with Gasteiger partial charge >= 0.3 is 0 Å². The van der Waals surface area contributed by atoms with Crippen molar-refractivity contribution in [3.05, 3.63) is 33.4 Å². The zero-order valence-corrected chi connectivity index (χ0v) is 20.6. The normalized spacial score (nSPS) is 11.1. The van der Waals surface area contributed by atoms with Gasteiger partial charge in [0.05, 0.1) is 7.11 Å². The lowest BCUT2D eigenvalue weighted by Crippen LogP contribution is -2.08. The van der Waals surface area contributed by atoms with E-state index >= 15 is 0 Å². The number of phenols is 5. The molecular weight excluding hydrogens is 440 g/mol. The Bertz CT molecular complexity index is 1120. The molecule has 0 aliphatic heterocycles. The topological polar surface area (TPSA) is 145 Å². The molecule has 0 spiro atoms. The van der Waals surface area contributed by atoms with Gasteiger partial charge in [0.2, 0.25) is 0 Å². The zero-order chi connectivity index (χ0) is 25.9. The van der Waals surface area contributed by atoms with Crippen molar-refractivity contribution in [1.29, 1.82) is 0 Å². The molecule has 0 unspecified atom stereocenters. The number of hydrogen-bond donors (Lipinski definition) is 5. The lowest BCUT2D eigenvalue weighted by atomic mass is 9.88. The lowest BCUT2D eigenvalue weighted by Gasteiger charge is -2.21. The predicted molar refractivity (Wildman–Crippen MR) is 128 cm³/mol. The Morgan fingerprint density at radius 3 is 1.91 bits per heavy atom. The third-order valence-electron chi connectivity index (χ3n) is 5.98. The van der Waals surface area contributed by atoms with Crippen LogP contribution in [0.25, 0.3) is 0 Å². The van der Waals surface area contributed by atoms with Crippen molar-refractivity contribution in [2.24, 2.45) is 5.92 Å². The summed E-state index contributed by atoms with van der Waals surface area (Å²) in [5.41, 5.74) is -0.322. The SMILES string of the molecule is CCCC(=O)c1c(O)c(CCC(C)C)c(O)c(Cc2c(O)c(C(C)=O)c(O)c(C)c2OC)c1O. The Morgan fingerprint density at radius 1 is 0.853 bits per heavy atom. The Labute approximate surface area is 199 Å². The number of benzene rings is 2. The highest BCUT2D eigenvalue weighted by Crippen LogP contribution is 2.48. The highest BCUT2D eigenvalue weighted by atomic mass is 16.5. The van der Waals surface area contributed by atoms with Crippen LogP contribution < -0.4 is 4.74 Å². The minimum atomic E-state index is -0.599. The van der Waals surface area contributed by atoms with E-state index in [9.17, 15) is 35.1 Å². The average molecular weight is 475 g/mol. The third-order valence-corrected chi connectivity index (χ3v) is 5.98. The van der Waals surface area contributed by atoms with E-state index in [4.69, 9.17) is 4.74 Å². The molecule has 0 saturated heterocycles. The Hall–Kier alpha value is -3.42. The van der Waals surface area contributed by atoms with Gasteiger partial charge in [-0.2, -0.15) is 0 Å². The van der Waals surface area contributed by atoms with Gasteiger partial charge in [-0.1, -0.05) is 20.8 Å². The summed E-state index contributed by atoms with van der Waals surface area (Å²) in [6.07, 6.45) is 1.11. The summed E-state index contributed by atoms with van der Waals surface area (Å²) in [6.45, 7) is 8.43. The third kappa shape index (κ3) is 4.90. The summed E-state index contributed by atoms with van der Waals surface area (Å²) in [5.74, 6) is -3.20. The molecule has 2 rings (SSSR count). The van der Waals surface area contributed by atoms with Crippen molar-refractivity contribution in [1.82, 2.24) is 0 Å². The molecule has 0 saturated carbocycles. The van der Waals surface area contributed by atoms with Crippen molar-refractivity contribution in [3.8, 4) is 34.5 Å². The smallest absolute Gasteiger partial charge is 0.170 e. The first-order valence-electron chi connectivity index (χ1n) is 11.3. The number of methoxy groups -OCH3 is 1. The van der Waals surface area contributed by atoms with Crippen LogP contribution in [0.4, 0.5) is 0 Å². The maximum atomic E-state index is 12.8. The van der Waals surface area contributed by atoms with E-state index in [1.807, 2.05) is 13.8 Å². The van der Waals surface area contributed by atoms with Crippen LogP contribution in [0.2, 0.25) is 0 Å². The molecule has 0 fully saturated rings. The summed E-state index contributed by atoms with van der Waals surface area (Å²) in [7, 11) is 1.32. The van der Waals surface area contributed by atoms with E-state index in [0.29, 0.717) is 12.8 Å². The van der Waals surface area contributed by atoms with Crippen LogP contribution in [-0.2, 0) is 12.8 Å². The van der Waals surface area contributed by atoms with Crippen molar-refractivity contribution in [3.63, 3.8) is 0 Å². The number of Topliss-reactive ketones (excluding diaryl/α,β-unsaturated/α-hetero) is 2. The quantitative estimate of drug-likeness (QED) is 0.306. The van der Waals surface area contributed by atoms with E-state index in [0.717, 1.165) is 0 Å². The van der Waals surface area contributed by atoms with Crippen LogP contribution in [0, 0.1) is 12.8 Å². The van der Waals surface area contributed by atoms with Gasteiger partial charge in [0.25, 0.3) is 0 Å². The van der Waals surface area contributed by atoms with Gasteiger partial charge in [-0.05, 0) is 39.0 Å². The number of carbonyl (C=O) groups is 2. The van der Waals surface area contributed by atoms with Gasteiger partial charge in [0.1, 0.15) is 45.6 Å². The molecule has 0 amide bonds. The van der Waals surface area contributed by atoms with Crippen molar-refractivity contribution in [2.75, 3.05) is 7.11 Å². The second-order valence-electron chi connectivity index (χ2n) is 8.93. The molecule has 8 nitrogen and oxygen atoms in total. The highest BCUT2D eigenvalue weighted by molar-refractivity contribution is 6.03. The Kier molecular flexibility index (Phi) is 8.42. The van der Waals surface area contributed by atoms with Gasteiger partial charge in [-0.3, -0.25) is 9.59 Å². The van der Waals surface area contributed by atoms with Gasteiger partial charge < -0.3 is 30.3 Å². The van der Waals surface area contributed by atoms with Crippen molar-refractivity contribution >= 4 is 11.6 Å². The second kappa shape index (κ2) is 10.7. The van der Waals surface area contributed by atoms with Crippen LogP contribution >= 0.6 is 0 Å². The number of hydrogen-bond acceptors (Lipinski definition) is 8. The van der Waals surface area contributed by atoms with E-state index in [-0.39, 0.29) is 64.3 Å². The maximum absolute atomic E-state index is 12.8. The first kappa shape index (κ1) is 26.8. The Morgan fingerprint density at radius 2 is 1.41 bits per heavy atom. The number of ether oxygens (including phenoxy) is 1. The minimum absolute atomic E-state index is 0.0444. The van der Waals surface area contributed by atoms with E-state index in [1.54, 1.807) is 6.92 Å². The Balaban J connectivity index is 2.87. The molecule has 0 aliphatic rings. The molecule has 0 radical (unpaired) electrons. The summed E-state index contributed by atoms with van der Waals surface area (Å²) >= 11 is 0. The maximum Gasteiger partial charge on any atom is 0.170 e. The van der Waals surface area contributed by atoms with E-state index in [1.165, 1.54) is 21.0 Å². The summed E-state index contributed by atoms with van der Waals surface area (Å²) in [4.78, 5) is 24.9. The largest absolute Gasteiger partial charge is 0.507 e. The fourth-order valence-electron chi connectivity index (χ4n) is 4.12. The fourth-order valence-corrected chi connectivity index (χ4v) is 4.12. The van der Waals surface area contributed by atoms with E-state index < -0.39 is 40.3 Å². The molecule has 2 aromatic rings. The van der Waals surface area contributed by atoms with Gasteiger partial charge in [-0.25, -0.2) is 0 Å². The minimum Gasteiger partial charge on any atom is -0.507 e. The first-order valence-corrected chi connectivity index (χ1v) is 11.3. The number of rotatable bonds is 10. The highest BCUT2D eigenvalue weighted by Gasteiger charge is 2.30. The molecule has 0 aliphatic carbocycles. The van der Waals surface area contributed by atoms with Crippen LogP contribution in [0.5, 0.6) is 34.5 Å². The molecule has 2 aromatic carbocycles. The average Bonchev–Trinajstić information content (AvgIpc) is 2.74. The second-order valence-corrected chi connectivity index (χ2v) is 8.93. The van der Waals surface area contributed by atoms with Gasteiger partial charge in [0, 0.05) is 35.1 Å². The zero-order valence-electron chi connectivity index (χ0n) is 20.6. The predicted octanol–water partition coefficient (Wildman–Crippen LogP) is 4.90. The number of aromatic hydroxyl groups is 5.